The van der Waals surface area contributed by atoms with Gasteiger partial charge in [0.1, 0.15) is 31.0 Å². The summed E-state index contributed by atoms with van der Waals surface area (Å²) >= 11 is 0. The molecule has 1 heterocycles. The molecule has 0 amide bonds. The summed E-state index contributed by atoms with van der Waals surface area (Å²) in [7, 11) is 0. The van der Waals surface area contributed by atoms with Crippen molar-refractivity contribution in [2.45, 2.75) is 89.0 Å². The minimum absolute atomic E-state index is 0.291. The second-order valence-electron chi connectivity index (χ2n) is 6.09. The fourth-order valence-electron chi connectivity index (χ4n) is 2.58. The Morgan fingerprint density at radius 2 is 1.65 bits per heavy atom. The van der Waals surface area contributed by atoms with Crippen LogP contribution < -0.4 is 0 Å². The summed E-state index contributed by atoms with van der Waals surface area (Å²) in [5.41, 5.74) is 0. The lowest BCUT2D eigenvalue weighted by Crippen LogP contribution is -2.41. The molecule has 0 aromatic rings. The maximum absolute atomic E-state index is 11.6. The minimum atomic E-state index is -1.55. The van der Waals surface area contributed by atoms with Crippen LogP contribution in [0.1, 0.15) is 58.3 Å². The first-order valence-corrected chi connectivity index (χ1v) is 8.50. The summed E-state index contributed by atoms with van der Waals surface area (Å²) in [5, 5.41) is 38.0. The number of rotatable bonds is 11. The molecular weight excluding hydrogens is 304 g/mol. The van der Waals surface area contributed by atoms with Gasteiger partial charge in [0, 0.05) is 6.42 Å². The topological polar surface area (TPSA) is 116 Å². The second kappa shape index (κ2) is 10.9. The molecule has 23 heavy (non-hydrogen) atoms. The maximum Gasteiger partial charge on any atom is 0.305 e. The van der Waals surface area contributed by atoms with Crippen molar-refractivity contribution in [3.8, 4) is 0 Å². The third-order valence-electron chi connectivity index (χ3n) is 4.05. The SMILES string of the molecule is CCCCCCCCCC(=O)OC[C@@H](O)[C@@H]1OC(O)[C@H](O)[C@H]1O. The zero-order valence-electron chi connectivity index (χ0n) is 13.8. The molecular formula is C16H30O7. The van der Waals surface area contributed by atoms with Crippen molar-refractivity contribution in [2.24, 2.45) is 0 Å². The minimum Gasteiger partial charge on any atom is -0.463 e. The highest BCUT2D eigenvalue weighted by molar-refractivity contribution is 5.69. The van der Waals surface area contributed by atoms with Crippen LogP contribution in [0.15, 0.2) is 0 Å². The number of aliphatic hydroxyl groups is 4. The number of unbranched alkanes of at least 4 members (excludes halogenated alkanes) is 6. The average Bonchev–Trinajstić information content (AvgIpc) is 2.79. The number of ether oxygens (including phenoxy) is 2. The van der Waals surface area contributed by atoms with Crippen LogP contribution in [0.4, 0.5) is 0 Å². The molecule has 1 aliphatic heterocycles. The number of carbonyl (C=O) groups excluding carboxylic acids is 1. The van der Waals surface area contributed by atoms with E-state index in [2.05, 4.69) is 6.92 Å². The number of aliphatic hydroxyl groups excluding tert-OH is 4. The number of hydrogen-bond acceptors (Lipinski definition) is 7. The van der Waals surface area contributed by atoms with Gasteiger partial charge >= 0.3 is 5.97 Å². The molecule has 136 valence electrons. The Balaban J connectivity index is 2.09. The van der Waals surface area contributed by atoms with E-state index in [1.807, 2.05) is 0 Å². The summed E-state index contributed by atoms with van der Waals surface area (Å²) in [6.07, 6.45) is 1.09. The van der Waals surface area contributed by atoms with Gasteiger partial charge in [-0.2, -0.15) is 0 Å². The summed E-state index contributed by atoms with van der Waals surface area (Å²) in [6, 6.07) is 0. The van der Waals surface area contributed by atoms with E-state index in [0.29, 0.717) is 6.42 Å². The van der Waals surface area contributed by atoms with Crippen molar-refractivity contribution in [3.63, 3.8) is 0 Å². The van der Waals surface area contributed by atoms with Crippen LogP contribution in [0.5, 0.6) is 0 Å². The van der Waals surface area contributed by atoms with Gasteiger partial charge < -0.3 is 29.9 Å². The molecule has 1 aliphatic rings. The van der Waals surface area contributed by atoms with E-state index in [9.17, 15) is 25.2 Å². The van der Waals surface area contributed by atoms with E-state index in [0.717, 1.165) is 19.3 Å². The number of carbonyl (C=O) groups is 1. The molecule has 0 radical (unpaired) electrons. The molecule has 0 aliphatic carbocycles. The standard InChI is InChI=1S/C16H30O7/c1-2-3-4-5-6-7-8-9-12(18)22-10-11(17)15-13(19)14(20)16(21)23-15/h11,13-17,19-21H,2-10H2,1H3/t11-,13-,14-,15+,16?/m1/s1. The van der Waals surface area contributed by atoms with Crippen molar-refractivity contribution >= 4 is 5.97 Å². The molecule has 1 unspecified atom stereocenters. The lowest BCUT2D eigenvalue weighted by atomic mass is 10.1. The van der Waals surface area contributed by atoms with Crippen molar-refractivity contribution in [1.29, 1.82) is 0 Å². The first-order chi connectivity index (χ1) is 11.0. The van der Waals surface area contributed by atoms with Gasteiger partial charge in [0.25, 0.3) is 0 Å². The third kappa shape index (κ3) is 7.14. The van der Waals surface area contributed by atoms with Crippen LogP contribution >= 0.6 is 0 Å². The van der Waals surface area contributed by atoms with Crippen LogP contribution in [0.25, 0.3) is 0 Å². The molecule has 7 nitrogen and oxygen atoms in total. The lowest BCUT2D eigenvalue weighted by molar-refractivity contribution is -0.163. The fraction of sp³-hybridized carbons (Fsp3) is 0.938. The largest absolute Gasteiger partial charge is 0.463 e. The third-order valence-corrected chi connectivity index (χ3v) is 4.05. The molecule has 0 bridgehead atoms. The van der Waals surface area contributed by atoms with Crippen LogP contribution in [-0.4, -0.2) is 63.7 Å². The molecule has 4 N–H and O–H groups in total. The van der Waals surface area contributed by atoms with Gasteiger partial charge in [-0.05, 0) is 6.42 Å². The monoisotopic (exact) mass is 334 g/mol. The first kappa shape index (κ1) is 20.3. The summed E-state index contributed by atoms with van der Waals surface area (Å²) in [6.45, 7) is 1.83. The lowest BCUT2D eigenvalue weighted by Gasteiger charge is -2.20. The van der Waals surface area contributed by atoms with E-state index >= 15 is 0 Å². The highest BCUT2D eigenvalue weighted by atomic mass is 16.7. The second-order valence-corrected chi connectivity index (χ2v) is 6.09. The Kier molecular flexibility index (Phi) is 9.66. The summed E-state index contributed by atoms with van der Waals surface area (Å²) < 4.78 is 9.78. The molecule has 0 aromatic carbocycles. The highest BCUT2D eigenvalue weighted by Gasteiger charge is 2.45. The van der Waals surface area contributed by atoms with Crippen LogP contribution in [-0.2, 0) is 14.3 Å². The predicted octanol–water partition coefficient (Wildman–Crippen LogP) is 0.470. The van der Waals surface area contributed by atoms with E-state index in [1.54, 1.807) is 0 Å². The summed E-state index contributed by atoms with van der Waals surface area (Å²) in [4.78, 5) is 11.6. The van der Waals surface area contributed by atoms with Crippen molar-refractivity contribution in [2.75, 3.05) is 6.61 Å². The van der Waals surface area contributed by atoms with E-state index < -0.39 is 36.7 Å². The summed E-state index contributed by atoms with van der Waals surface area (Å²) in [5.74, 6) is -0.411. The molecule has 1 rings (SSSR count). The molecule has 5 atom stereocenters. The maximum atomic E-state index is 11.6. The van der Waals surface area contributed by atoms with Crippen molar-refractivity contribution in [1.82, 2.24) is 0 Å². The van der Waals surface area contributed by atoms with E-state index in [1.165, 1.54) is 25.7 Å². The van der Waals surface area contributed by atoms with Gasteiger partial charge in [0.05, 0.1) is 0 Å². The Labute approximate surface area is 137 Å². The molecule has 1 fully saturated rings. The quantitative estimate of drug-likeness (QED) is 0.320. The van der Waals surface area contributed by atoms with Crippen LogP contribution in [0.2, 0.25) is 0 Å². The zero-order chi connectivity index (χ0) is 17.2. The van der Waals surface area contributed by atoms with Gasteiger partial charge in [-0.3, -0.25) is 4.79 Å². The smallest absolute Gasteiger partial charge is 0.305 e. The Morgan fingerprint density at radius 1 is 1.04 bits per heavy atom. The van der Waals surface area contributed by atoms with Crippen LogP contribution in [0.3, 0.4) is 0 Å². The number of hydrogen-bond donors (Lipinski definition) is 4. The highest BCUT2D eigenvalue weighted by Crippen LogP contribution is 2.22. The normalized spacial score (nSPS) is 28.7. The molecule has 1 saturated heterocycles. The van der Waals surface area contributed by atoms with E-state index in [-0.39, 0.29) is 6.61 Å². The number of esters is 1. The van der Waals surface area contributed by atoms with E-state index in [4.69, 9.17) is 9.47 Å². The average molecular weight is 334 g/mol. The predicted molar refractivity (Wildman–Crippen MR) is 82.5 cm³/mol. The molecule has 0 spiro atoms. The van der Waals surface area contributed by atoms with Gasteiger partial charge in [-0.15, -0.1) is 0 Å². The van der Waals surface area contributed by atoms with Gasteiger partial charge in [0.15, 0.2) is 6.29 Å². The van der Waals surface area contributed by atoms with Gasteiger partial charge in [-0.25, -0.2) is 0 Å². The Hall–Kier alpha value is -0.730. The fourth-order valence-corrected chi connectivity index (χ4v) is 2.58. The Bertz CT molecular complexity index is 336. The first-order valence-electron chi connectivity index (χ1n) is 8.50. The van der Waals surface area contributed by atoms with Gasteiger partial charge in [-0.1, -0.05) is 45.4 Å². The molecule has 0 saturated carbocycles. The van der Waals surface area contributed by atoms with Crippen molar-refractivity contribution in [3.05, 3.63) is 0 Å². The van der Waals surface area contributed by atoms with Crippen LogP contribution in [0, 0.1) is 0 Å². The zero-order valence-corrected chi connectivity index (χ0v) is 13.8. The molecule has 7 heteroatoms. The van der Waals surface area contributed by atoms with Crippen molar-refractivity contribution < 1.29 is 34.7 Å². The van der Waals surface area contributed by atoms with Gasteiger partial charge in [0.2, 0.25) is 0 Å². The Morgan fingerprint density at radius 3 is 2.22 bits per heavy atom. The molecule has 0 aromatic heterocycles.